The molecule has 0 radical (unpaired) electrons. The molecule has 2 rings (SSSR count). The number of carbonyl (C=O) groups is 1. The second-order valence-corrected chi connectivity index (χ2v) is 8.69. The number of rotatable bonds is 8. The van der Waals surface area contributed by atoms with Gasteiger partial charge in [-0.25, -0.2) is 17.9 Å². The third-order valence-electron chi connectivity index (χ3n) is 4.86. The van der Waals surface area contributed by atoms with Crippen molar-refractivity contribution in [2.45, 2.75) is 69.4 Å². The normalized spacial score (nSPS) is 18.3. The van der Waals surface area contributed by atoms with E-state index in [-0.39, 0.29) is 11.5 Å². The molecule has 1 aliphatic carbocycles. The second kappa shape index (κ2) is 9.48. The molecule has 26 heavy (non-hydrogen) atoms. The summed E-state index contributed by atoms with van der Waals surface area (Å²) in [6.07, 6.45) is 4.24. The van der Waals surface area contributed by atoms with Crippen LogP contribution in [0.2, 0.25) is 0 Å². The monoisotopic (exact) mass is 383 g/mol. The Labute approximate surface area is 156 Å². The molecular weight excluding hydrogens is 354 g/mol. The predicted octanol–water partition coefficient (Wildman–Crippen LogP) is 2.54. The zero-order valence-corrected chi connectivity index (χ0v) is 16.3. The van der Waals surface area contributed by atoms with Crippen molar-refractivity contribution in [2.75, 3.05) is 6.61 Å². The molecule has 0 heterocycles. The Kier molecular flexibility index (Phi) is 7.61. The number of benzene rings is 1. The van der Waals surface area contributed by atoms with Crippen molar-refractivity contribution in [1.82, 2.24) is 4.72 Å². The van der Waals surface area contributed by atoms with Gasteiger partial charge in [0.1, 0.15) is 0 Å². The SMILES string of the molecule is CCOC(=O)[C@H](O)[C@H](CC1CCCCC1)NS(=O)(=O)c1ccc(C)cc1. The molecule has 1 fully saturated rings. The lowest BCUT2D eigenvalue weighted by atomic mass is 9.84. The highest BCUT2D eigenvalue weighted by atomic mass is 32.2. The van der Waals surface area contributed by atoms with E-state index in [0.717, 1.165) is 31.2 Å². The number of sulfonamides is 1. The lowest BCUT2D eigenvalue weighted by molar-refractivity contribution is -0.154. The number of aliphatic hydroxyl groups excluding tert-OH is 1. The van der Waals surface area contributed by atoms with Crippen LogP contribution in [0.5, 0.6) is 0 Å². The zero-order chi connectivity index (χ0) is 19.2. The lowest BCUT2D eigenvalue weighted by Gasteiger charge is -2.29. The average molecular weight is 384 g/mol. The number of aryl methyl sites for hydroxylation is 1. The maximum atomic E-state index is 12.7. The minimum absolute atomic E-state index is 0.118. The van der Waals surface area contributed by atoms with E-state index in [1.54, 1.807) is 19.1 Å². The van der Waals surface area contributed by atoms with Gasteiger partial charge in [0.05, 0.1) is 17.5 Å². The maximum absolute atomic E-state index is 12.7. The molecular formula is C19H29NO5S. The van der Waals surface area contributed by atoms with E-state index in [0.29, 0.717) is 12.3 Å². The van der Waals surface area contributed by atoms with Crippen LogP contribution >= 0.6 is 0 Å². The summed E-state index contributed by atoms with van der Waals surface area (Å²) in [7, 11) is -3.84. The molecule has 2 atom stereocenters. The van der Waals surface area contributed by atoms with Gasteiger partial charge in [-0.1, -0.05) is 49.8 Å². The quantitative estimate of drug-likeness (QED) is 0.673. The molecule has 1 aromatic carbocycles. The predicted molar refractivity (Wildman–Crippen MR) is 99.1 cm³/mol. The summed E-state index contributed by atoms with van der Waals surface area (Å²) in [6, 6.07) is 5.57. The highest BCUT2D eigenvalue weighted by Crippen LogP contribution is 2.28. The molecule has 0 aliphatic heterocycles. The molecule has 1 aromatic rings. The average Bonchev–Trinajstić information content (AvgIpc) is 2.62. The van der Waals surface area contributed by atoms with Gasteiger partial charge in [-0.15, -0.1) is 0 Å². The first-order valence-corrected chi connectivity index (χ1v) is 10.8. The van der Waals surface area contributed by atoms with E-state index in [1.807, 2.05) is 6.92 Å². The Hall–Kier alpha value is -1.44. The molecule has 2 N–H and O–H groups in total. The number of nitrogens with one attached hydrogen (secondary N) is 1. The highest BCUT2D eigenvalue weighted by Gasteiger charge is 2.33. The summed E-state index contributed by atoms with van der Waals surface area (Å²) in [6.45, 7) is 3.66. The van der Waals surface area contributed by atoms with Crippen LogP contribution in [0.4, 0.5) is 0 Å². The van der Waals surface area contributed by atoms with Gasteiger partial charge >= 0.3 is 5.97 Å². The fraction of sp³-hybridized carbons (Fsp3) is 0.632. The van der Waals surface area contributed by atoms with Crippen molar-refractivity contribution in [3.63, 3.8) is 0 Å². The Morgan fingerprint density at radius 1 is 1.23 bits per heavy atom. The molecule has 0 unspecified atom stereocenters. The minimum Gasteiger partial charge on any atom is -0.464 e. The molecule has 0 saturated heterocycles. The van der Waals surface area contributed by atoms with Gasteiger partial charge in [0.25, 0.3) is 0 Å². The van der Waals surface area contributed by atoms with Gasteiger partial charge in [-0.05, 0) is 38.3 Å². The first kappa shape index (κ1) is 20.9. The van der Waals surface area contributed by atoms with E-state index in [4.69, 9.17) is 4.74 Å². The number of ether oxygens (including phenoxy) is 1. The van der Waals surface area contributed by atoms with Gasteiger partial charge in [-0.3, -0.25) is 0 Å². The third kappa shape index (κ3) is 5.79. The molecule has 0 spiro atoms. The molecule has 146 valence electrons. The highest BCUT2D eigenvalue weighted by molar-refractivity contribution is 7.89. The summed E-state index contributed by atoms with van der Waals surface area (Å²) < 4.78 is 32.8. The van der Waals surface area contributed by atoms with Crippen LogP contribution in [0.15, 0.2) is 29.2 Å². The van der Waals surface area contributed by atoms with Crippen molar-refractivity contribution in [2.24, 2.45) is 5.92 Å². The van der Waals surface area contributed by atoms with Crippen LogP contribution in [-0.2, 0) is 19.6 Å². The lowest BCUT2D eigenvalue weighted by Crippen LogP contribution is -2.48. The number of aliphatic hydroxyl groups is 1. The van der Waals surface area contributed by atoms with Gasteiger partial charge in [-0.2, -0.15) is 0 Å². The van der Waals surface area contributed by atoms with Gasteiger partial charge in [0.2, 0.25) is 10.0 Å². The summed E-state index contributed by atoms with van der Waals surface area (Å²) in [5.74, 6) is -0.501. The number of esters is 1. The zero-order valence-electron chi connectivity index (χ0n) is 15.5. The standard InChI is InChI=1S/C19H29NO5S/c1-3-25-19(22)18(21)17(13-15-7-5-4-6-8-15)20-26(23,24)16-11-9-14(2)10-12-16/h9-12,15,17-18,20-21H,3-8,13H2,1-2H3/t17-,18+/m0/s1. The first-order valence-electron chi connectivity index (χ1n) is 9.27. The molecule has 0 bridgehead atoms. The van der Waals surface area contributed by atoms with Crippen molar-refractivity contribution >= 4 is 16.0 Å². The number of hydrogen-bond donors (Lipinski definition) is 2. The molecule has 0 amide bonds. The third-order valence-corrected chi connectivity index (χ3v) is 6.36. The Morgan fingerprint density at radius 3 is 2.42 bits per heavy atom. The van der Waals surface area contributed by atoms with E-state index in [9.17, 15) is 18.3 Å². The minimum atomic E-state index is -3.84. The van der Waals surface area contributed by atoms with E-state index in [2.05, 4.69) is 4.72 Å². The summed E-state index contributed by atoms with van der Waals surface area (Å²) in [5, 5.41) is 10.4. The molecule has 1 aliphatic rings. The topological polar surface area (TPSA) is 92.7 Å². The summed E-state index contributed by atoms with van der Waals surface area (Å²) in [5.41, 5.74) is 0.953. The fourth-order valence-electron chi connectivity index (χ4n) is 3.40. The van der Waals surface area contributed by atoms with Crippen LogP contribution in [-0.4, -0.2) is 38.2 Å². The van der Waals surface area contributed by atoms with E-state index in [1.165, 1.54) is 18.6 Å². The number of carbonyl (C=O) groups excluding carboxylic acids is 1. The van der Waals surface area contributed by atoms with E-state index < -0.39 is 28.1 Å². The largest absolute Gasteiger partial charge is 0.464 e. The molecule has 0 aromatic heterocycles. The van der Waals surface area contributed by atoms with Crippen LogP contribution in [0.1, 0.15) is 51.0 Å². The molecule has 7 heteroatoms. The van der Waals surface area contributed by atoms with Crippen LogP contribution in [0, 0.1) is 12.8 Å². The van der Waals surface area contributed by atoms with Crippen molar-refractivity contribution in [3.05, 3.63) is 29.8 Å². The fourth-order valence-corrected chi connectivity index (χ4v) is 4.65. The smallest absolute Gasteiger partial charge is 0.336 e. The van der Waals surface area contributed by atoms with Crippen LogP contribution < -0.4 is 4.72 Å². The van der Waals surface area contributed by atoms with E-state index >= 15 is 0 Å². The summed E-state index contributed by atoms with van der Waals surface area (Å²) in [4.78, 5) is 12.1. The Balaban J connectivity index is 2.18. The van der Waals surface area contributed by atoms with Gasteiger partial charge in [0, 0.05) is 0 Å². The van der Waals surface area contributed by atoms with Crippen LogP contribution in [0.3, 0.4) is 0 Å². The van der Waals surface area contributed by atoms with Crippen LogP contribution in [0.25, 0.3) is 0 Å². The van der Waals surface area contributed by atoms with Crippen molar-refractivity contribution < 1.29 is 23.1 Å². The first-order chi connectivity index (χ1) is 12.3. The molecule has 6 nitrogen and oxygen atoms in total. The van der Waals surface area contributed by atoms with Gasteiger partial charge in [0.15, 0.2) is 6.10 Å². The van der Waals surface area contributed by atoms with Gasteiger partial charge < -0.3 is 9.84 Å². The van der Waals surface area contributed by atoms with Crippen molar-refractivity contribution in [1.29, 1.82) is 0 Å². The van der Waals surface area contributed by atoms with Crippen molar-refractivity contribution in [3.8, 4) is 0 Å². The molecule has 1 saturated carbocycles. The number of hydrogen-bond acceptors (Lipinski definition) is 5. The second-order valence-electron chi connectivity index (χ2n) is 6.98. The Morgan fingerprint density at radius 2 is 1.85 bits per heavy atom. The Bertz CT molecular complexity index is 680. The summed E-state index contributed by atoms with van der Waals surface area (Å²) >= 11 is 0. The maximum Gasteiger partial charge on any atom is 0.336 e.